The van der Waals surface area contributed by atoms with Gasteiger partial charge in [-0.25, -0.2) is 0 Å². The first-order valence-electron chi connectivity index (χ1n) is 5.34. The fraction of sp³-hybridized carbons (Fsp3) is 0.154. The molecule has 0 unspecified atom stereocenters. The van der Waals surface area contributed by atoms with E-state index in [4.69, 9.17) is 5.11 Å². The Hall–Kier alpha value is -2.43. The van der Waals surface area contributed by atoms with Gasteiger partial charge in [-0.3, -0.25) is 14.4 Å². The largest absolute Gasteiger partial charge is 0.507 e. The van der Waals surface area contributed by atoms with Crippen LogP contribution < -0.4 is 0 Å². The molecule has 0 aliphatic heterocycles. The Balaban J connectivity index is 2.40. The molecule has 18 heavy (non-hydrogen) atoms. The molecule has 0 saturated heterocycles. The van der Waals surface area contributed by atoms with Gasteiger partial charge in [0.05, 0.1) is 5.56 Å². The lowest BCUT2D eigenvalue weighted by Crippen LogP contribution is -2.17. The van der Waals surface area contributed by atoms with Gasteiger partial charge in [0.1, 0.15) is 5.75 Å². The highest BCUT2D eigenvalue weighted by molar-refractivity contribution is 6.25. The summed E-state index contributed by atoms with van der Waals surface area (Å²) in [6, 6.07) is 4.26. The van der Waals surface area contributed by atoms with Crippen LogP contribution in [0.3, 0.4) is 0 Å². The third-order valence-corrected chi connectivity index (χ3v) is 2.74. The number of rotatable bonds is 3. The van der Waals surface area contributed by atoms with Gasteiger partial charge in [-0.15, -0.1) is 0 Å². The summed E-state index contributed by atoms with van der Waals surface area (Å²) in [6.07, 6.45) is 0.897. The Bertz CT molecular complexity index is 583. The molecule has 0 saturated carbocycles. The Morgan fingerprint density at radius 1 is 1.22 bits per heavy atom. The van der Waals surface area contributed by atoms with Crippen LogP contribution in [0.25, 0.3) is 0 Å². The molecule has 0 fully saturated rings. The molecule has 1 aliphatic rings. The van der Waals surface area contributed by atoms with E-state index in [1.54, 1.807) is 0 Å². The lowest BCUT2D eigenvalue weighted by molar-refractivity contribution is -0.136. The predicted octanol–water partition coefficient (Wildman–Crippen LogP) is 1.56. The first-order valence-corrected chi connectivity index (χ1v) is 5.34. The van der Waals surface area contributed by atoms with E-state index in [0.29, 0.717) is 0 Å². The normalized spacial score (nSPS) is 14.1. The average Bonchev–Trinajstić information content (AvgIpc) is 2.31. The molecule has 1 aliphatic carbocycles. The number of allylic oxidation sites excluding steroid dienone is 2. The monoisotopic (exact) mass is 246 g/mol. The minimum absolute atomic E-state index is 0.0202. The van der Waals surface area contributed by atoms with Gasteiger partial charge >= 0.3 is 5.97 Å². The average molecular weight is 246 g/mol. The van der Waals surface area contributed by atoms with Gasteiger partial charge in [0, 0.05) is 17.6 Å². The maximum absolute atomic E-state index is 12.0. The number of carbonyl (C=O) groups is 3. The molecule has 5 heteroatoms. The summed E-state index contributed by atoms with van der Waals surface area (Å²) in [5.41, 5.74) is 0.237. The highest BCUT2D eigenvalue weighted by Gasteiger charge is 2.28. The molecule has 2 rings (SSSR count). The van der Waals surface area contributed by atoms with Crippen molar-refractivity contribution in [1.82, 2.24) is 0 Å². The predicted molar refractivity (Wildman–Crippen MR) is 61.7 cm³/mol. The van der Waals surface area contributed by atoms with Gasteiger partial charge in [0.2, 0.25) is 0 Å². The van der Waals surface area contributed by atoms with Crippen molar-refractivity contribution < 1.29 is 24.6 Å². The van der Waals surface area contributed by atoms with Crippen molar-refractivity contribution in [3.05, 3.63) is 41.0 Å². The van der Waals surface area contributed by atoms with Gasteiger partial charge in [0.15, 0.2) is 11.6 Å². The highest BCUT2D eigenvalue weighted by Crippen LogP contribution is 2.30. The van der Waals surface area contributed by atoms with E-state index >= 15 is 0 Å². The van der Waals surface area contributed by atoms with E-state index in [2.05, 4.69) is 0 Å². The van der Waals surface area contributed by atoms with Crippen molar-refractivity contribution in [3.8, 4) is 5.75 Å². The molecule has 2 N–H and O–H groups in total. The van der Waals surface area contributed by atoms with Crippen LogP contribution >= 0.6 is 0 Å². The molecule has 0 amide bonds. The number of aliphatic carboxylic acids is 1. The minimum atomic E-state index is -1.04. The van der Waals surface area contributed by atoms with Gasteiger partial charge in [0.25, 0.3) is 0 Å². The topological polar surface area (TPSA) is 91.7 Å². The molecule has 0 spiro atoms. The van der Waals surface area contributed by atoms with Crippen molar-refractivity contribution in [1.29, 1.82) is 0 Å². The summed E-state index contributed by atoms with van der Waals surface area (Å²) >= 11 is 0. The van der Waals surface area contributed by atoms with Gasteiger partial charge in [-0.2, -0.15) is 0 Å². The first-order chi connectivity index (χ1) is 8.50. The van der Waals surface area contributed by atoms with Crippen molar-refractivity contribution in [3.63, 3.8) is 0 Å². The second kappa shape index (κ2) is 4.44. The number of fused-ring (bicyclic) bond motifs is 1. The van der Waals surface area contributed by atoms with Crippen LogP contribution in [-0.4, -0.2) is 27.7 Å². The van der Waals surface area contributed by atoms with E-state index in [1.165, 1.54) is 18.2 Å². The summed E-state index contributed by atoms with van der Waals surface area (Å²) in [5, 5.41) is 18.2. The molecule has 5 nitrogen and oxygen atoms in total. The van der Waals surface area contributed by atoms with Crippen molar-refractivity contribution >= 4 is 17.5 Å². The molecule has 1 aromatic carbocycles. The fourth-order valence-electron chi connectivity index (χ4n) is 1.87. The summed E-state index contributed by atoms with van der Waals surface area (Å²) in [7, 11) is 0. The Kier molecular flexibility index (Phi) is 2.97. The van der Waals surface area contributed by atoms with Crippen LogP contribution in [0, 0.1) is 0 Å². The van der Waals surface area contributed by atoms with Crippen LogP contribution in [0.5, 0.6) is 5.75 Å². The second-order valence-corrected chi connectivity index (χ2v) is 3.96. The number of benzene rings is 1. The molecular formula is C13H10O5. The molecular weight excluding hydrogens is 236 g/mol. The molecule has 0 bridgehead atoms. The highest BCUT2D eigenvalue weighted by atomic mass is 16.4. The molecule has 0 radical (unpaired) electrons. The second-order valence-electron chi connectivity index (χ2n) is 3.96. The van der Waals surface area contributed by atoms with E-state index in [1.807, 2.05) is 0 Å². The smallest absolute Gasteiger partial charge is 0.303 e. The zero-order valence-electron chi connectivity index (χ0n) is 9.34. The third kappa shape index (κ3) is 2.02. The Morgan fingerprint density at radius 2 is 1.94 bits per heavy atom. The lowest BCUT2D eigenvalue weighted by Gasteiger charge is -2.15. The number of phenols is 1. The van der Waals surface area contributed by atoms with Crippen LogP contribution in [0.1, 0.15) is 33.6 Å². The minimum Gasteiger partial charge on any atom is -0.507 e. The maximum Gasteiger partial charge on any atom is 0.303 e. The summed E-state index contributed by atoms with van der Waals surface area (Å²) in [5.74, 6) is -2.17. The maximum atomic E-state index is 12.0. The molecule has 0 aromatic heterocycles. The molecule has 0 heterocycles. The number of carbonyl (C=O) groups excluding carboxylic acids is 2. The van der Waals surface area contributed by atoms with E-state index in [-0.39, 0.29) is 41.1 Å². The number of hydrogen-bond donors (Lipinski definition) is 2. The van der Waals surface area contributed by atoms with Crippen molar-refractivity contribution in [2.45, 2.75) is 12.8 Å². The Labute approximate surface area is 102 Å². The summed E-state index contributed by atoms with van der Waals surface area (Å²) in [6.45, 7) is 0. The number of aromatic hydroxyl groups is 1. The quantitative estimate of drug-likeness (QED) is 0.844. The van der Waals surface area contributed by atoms with Crippen LogP contribution in [-0.2, 0) is 4.79 Å². The van der Waals surface area contributed by atoms with Gasteiger partial charge < -0.3 is 10.2 Å². The van der Waals surface area contributed by atoms with Gasteiger partial charge in [-0.05, 0) is 18.6 Å². The van der Waals surface area contributed by atoms with Crippen LogP contribution in [0.2, 0.25) is 0 Å². The molecule has 92 valence electrons. The van der Waals surface area contributed by atoms with E-state index in [0.717, 1.165) is 6.08 Å². The molecule has 0 atom stereocenters. The number of carboxylic acid groups (broad SMARTS) is 1. The zero-order chi connectivity index (χ0) is 13.3. The van der Waals surface area contributed by atoms with Crippen LogP contribution in [0.4, 0.5) is 0 Å². The zero-order valence-corrected chi connectivity index (χ0v) is 9.34. The fourth-order valence-corrected chi connectivity index (χ4v) is 1.87. The van der Waals surface area contributed by atoms with E-state index < -0.39 is 11.8 Å². The van der Waals surface area contributed by atoms with Crippen molar-refractivity contribution in [2.75, 3.05) is 0 Å². The number of phenolic OH excluding ortho intramolecular Hbond substituents is 1. The number of hydrogen-bond acceptors (Lipinski definition) is 4. The summed E-state index contributed by atoms with van der Waals surface area (Å²) < 4.78 is 0. The van der Waals surface area contributed by atoms with Crippen molar-refractivity contribution in [2.24, 2.45) is 0 Å². The lowest BCUT2D eigenvalue weighted by atomic mass is 9.87. The Morgan fingerprint density at radius 3 is 2.61 bits per heavy atom. The van der Waals surface area contributed by atoms with Crippen LogP contribution in [0.15, 0.2) is 29.8 Å². The first kappa shape index (κ1) is 12.0. The SMILES string of the molecule is O=C(O)CCC1=CC(=O)c2cccc(O)c2C1=O. The third-order valence-electron chi connectivity index (χ3n) is 2.74. The molecule has 1 aromatic rings. The van der Waals surface area contributed by atoms with E-state index in [9.17, 15) is 19.5 Å². The standard InChI is InChI=1S/C13H10O5/c14-9-3-1-2-8-10(15)6-7(4-5-11(16)17)13(18)12(8)9/h1-3,6,14H,4-5H2,(H,16,17). The van der Waals surface area contributed by atoms with Gasteiger partial charge in [-0.1, -0.05) is 12.1 Å². The number of carboxylic acids is 1. The number of Topliss-reactive ketones (excluding diaryl/α,β-unsaturated/α-hetero) is 1. The number of ketones is 2. The summed E-state index contributed by atoms with van der Waals surface area (Å²) in [4.78, 5) is 34.2.